The summed E-state index contributed by atoms with van der Waals surface area (Å²) in [6.07, 6.45) is -0.423. The second-order valence-corrected chi connectivity index (χ2v) is 9.48. The van der Waals surface area contributed by atoms with Gasteiger partial charge in [0.2, 0.25) is 0 Å². The van der Waals surface area contributed by atoms with Crippen molar-refractivity contribution in [2.75, 3.05) is 16.4 Å². The van der Waals surface area contributed by atoms with Crippen LogP contribution < -0.4 is 4.90 Å². The van der Waals surface area contributed by atoms with E-state index >= 15 is 0 Å². The molecule has 0 unspecified atom stereocenters. The first-order valence-corrected chi connectivity index (χ1v) is 10.9. The molecule has 3 atom stereocenters. The molecule has 4 rings (SSSR count). The minimum Gasteiger partial charge on any atom is -0.390 e. The van der Waals surface area contributed by atoms with Gasteiger partial charge >= 0.3 is 0 Å². The van der Waals surface area contributed by atoms with E-state index in [0.717, 1.165) is 0 Å². The quantitative estimate of drug-likeness (QED) is 0.458. The fourth-order valence-corrected chi connectivity index (χ4v) is 5.96. The zero-order valence-electron chi connectivity index (χ0n) is 15.2. The third kappa shape index (κ3) is 3.66. The molecule has 0 amide bonds. The maximum atomic E-state index is 13.9. The van der Waals surface area contributed by atoms with Gasteiger partial charge in [0.15, 0.2) is 9.84 Å². The van der Waals surface area contributed by atoms with Gasteiger partial charge in [-0.3, -0.25) is 0 Å². The van der Waals surface area contributed by atoms with Gasteiger partial charge in [0.1, 0.15) is 11.6 Å². The Morgan fingerprint density at radius 3 is 2.10 bits per heavy atom. The van der Waals surface area contributed by atoms with Gasteiger partial charge in [0.25, 0.3) is 0 Å². The van der Waals surface area contributed by atoms with Gasteiger partial charge in [0, 0.05) is 16.3 Å². The molecule has 0 bridgehead atoms. The molecule has 2 aliphatic rings. The number of halogens is 2. The molecule has 1 N–H and O–H groups in total. The molecule has 1 fully saturated rings. The Morgan fingerprint density at radius 2 is 1.59 bits per heavy atom. The first-order valence-electron chi connectivity index (χ1n) is 9.08. The summed E-state index contributed by atoms with van der Waals surface area (Å²) < 4.78 is 52.8. The number of sulfone groups is 1. The van der Waals surface area contributed by atoms with Crippen molar-refractivity contribution in [2.45, 2.75) is 31.0 Å². The zero-order chi connectivity index (χ0) is 20.8. The van der Waals surface area contributed by atoms with E-state index < -0.39 is 45.4 Å². The van der Waals surface area contributed by atoms with Crippen molar-refractivity contribution in [3.63, 3.8) is 0 Å². The summed E-state index contributed by atoms with van der Waals surface area (Å²) >= 11 is 0. The standard InChI is InChI=1S/C19H18F2N4O3S/c20-13-3-5-16-11(7-13)1-2-12-8-14(21)4-6-17(12)25(16)18-10-29(27,28)9-15(19(18)26)23-24-22/h3-8,15,18-19,26H,1-2,9-10H2/t15-,18+,19+/m1/s1. The molecule has 0 radical (unpaired) electrons. The smallest absolute Gasteiger partial charge is 0.152 e. The third-order valence-corrected chi connectivity index (χ3v) is 7.13. The molecular weight excluding hydrogens is 402 g/mol. The summed E-state index contributed by atoms with van der Waals surface area (Å²) in [7, 11) is -3.63. The number of benzene rings is 2. The molecule has 29 heavy (non-hydrogen) atoms. The number of anilines is 2. The number of aliphatic hydroxyl groups excluding tert-OH is 1. The van der Waals surface area contributed by atoms with Crippen LogP contribution in [0.4, 0.5) is 20.2 Å². The minimum atomic E-state index is -3.63. The van der Waals surface area contributed by atoms with Crippen LogP contribution in [0.3, 0.4) is 0 Å². The Hall–Kier alpha value is -2.68. The average Bonchev–Trinajstić information content (AvgIpc) is 2.81. The van der Waals surface area contributed by atoms with Gasteiger partial charge in [-0.15, -0.1) is 0 Å². The summed E-state index contributed by atoms with van der Waals surface area (Å²) in [4.78, 5) is 4.29. The van der Waals surface area contributed by atoms with Crippen LogP contribution in [0, 0.1) is 11.6 Å². The van der Waals surface area contributed by atoms with Crippen LogP contribution in [0.5, 0.6) is 0 Å². The Balaban J connectivity index is 1.92. The van der Waals surface area contributed by atoms with Gasteiger partial charge in [0.05, 0.1) is 29.7 Å². The molecule has 0 spiro atoms. The van der Waals surface area contributed by atoms with Crippen molar-refractivity contribution in [2.24, 2.45) is 5.11 Å². The molecular formula is C19H18F2N4O3S. The second-order valence-electron chi connectivity index (χ2n) is 7.32. The van der Waals surface area contributed by atoms with Crippen LogP contribution in [0.1, 0.15) is 11.1 Å². The number of fused-ring (bicyclic) bond motifs is 2. The van der Waals surface area contributed by atoms with Crippen LogP contribution in [0.25, 0.3) is 10.4 Å². The maximum Gasteiger partial charge on any atom is 0.152 e. The van der Waals surface area contributed by atoms with Gasteiger partial charge < -0.3 is 10.0 Å². The van der Waals surface area contributed by atoms with E-state index in [-0.39, 0.29) is 5.75 Å². The molecule has 2 heterocycles. The minimum absolute atomic E-state index is 0.376. The number of nitrogens with zero attached hydrogens (tertiary/aromatic N) is 4. The van der Waals surface area contributed by atoms with Crippen LogP contribution in [0.15, 0.2) is 41.5 Å². The van der Waals surface area contributed by atoms with Crippen molar-refractivity contribution in [3.05, 3.63) is 69.6 Å². The monoisotopic (exact) mass is 420 g/mol. The second kappa shape index (κ2) is 7.29. The molecule has 2 aromatic carbocycles. The predicted octanol–water partition coefficient (Wildman–Crippen LogP) is 3.04. The molecule has 0 aliphatic carbocycles. The summed E-state index contributed by atoms with van der Waals surface area (Å²) in [6, 6.07) is 6.16. The first kappa shape index (κ1) is 19.6. The predicted molar refractivity (Wildman–Crippen MR) is 104 cm³/mol. The number of hydrogen-bond acceptors (Lipinski definition) is 5. The van der Waals surface area contributed by atoms with Crippen LogP contribution in [-0.4, -0.2) is 43.2 Å². The number of aliphatic hydroxyl groups is 1. The highest BCUT2D eigenvalue weighted by Crippen LogP contribution is 2.40. The van der Waals surface area contributed by atoms with Gasteiger partial charge in [-0.25, -0.2) is 17.2 Å². The molecule has 7 nitrogen and oxygen atoms in total. The van der Waals surface area contributed by atoms with E-state index in [1.54, 1.807) is 4.90 Å². The van der Waals surface area contributed by atoms with Crippen LogP contribution >= 0.6 is 0 Å². The fraction of sp³-hybridized carbons (Fsp3) is 0.368. The van der Waals surface area contributed by atoms with Crippen molar-refractivity contribution >= 4 is 21.2 Å². The lowest BCUT2D eigenvalue weighted by Gasteiger charge is -2.41. The maximum absolute atomic E-state index is 13.9. The summed E-state index contributed by atoms with van der Waals surface area (Å²) in [6.45, 7) is 0. The molecule has 0 saturated carbocycles. The first-order chi connectivity index (χ1) is 13.8. The Bertz CT molecular complexity index is 1060. The molecule has 2 aromatic rings. The number of azide groups is 1. The molecule has 0 aromatic heterocycles. The molecule has 152 valence electrons. The summed E-state index contributed by atoms with van der Waals surface area (Å²) in [5.41, 5.74) is 11.1. The van der Waals surface area contributed by atoms with Crippen LogP contribution in [0.2, 0.25) is 0 Å². The molecule has 1 saturated heterocycles. The van der Waals surface area contributed by atoms with Gasteiger partial charge in [-0.05, 0) is 65.9 Å². The topological polar surface area (TPSA) is 106 Å². The number of rotatable bonds is 2. The van der Waals surface area contributed by atoms with Crippen molar-refractivity contribution in [1.29, 1.82) is 0 Å². The largest absolute Gasteiger partial charge is 0.390 e. The SMILES string of the molecule is [N-]=[N+]=N[C@@H]1CS(=O)(=O)C[C@H](N2c3ccc(F)cc3CCc3cc(F)ccc32)[C@H]1O. The van der Waals surface area contributed by atoms with Crippen molar-refractivity contribution in [1.82, 2.24) is 0 Å². The van der Waals surface area contributed by atoms with E-state index in [2.05, 4.69) is 10.0 Å². The highest BCUT2D eigenvalue weighted by molar-refractivity contribution is 7.91. The lowest BCUT2D eigenvalue weighted by molar-refractivity contribution is 0.125. The fourth-order valence-electron chi connectivity index (χ4n) is 4.17. The molecule has 10 heteroatoms. The van der Waals surface area contributed by atoms with Crippen molar-refractivity contribution < 1.29 is 22.3 Å². The van der Waals surface area contributed by atoms with Crippen LogP contribution in [-0.2, 0) is 22.7 Å². The Morgan fingerprint density at radius 1 is 1.03 bits per heavy atom. The summed E-state index contributed by atoms with van der Waals surface area (Å²) in [5, 5.41) is 14.4. The van der Waals surface area contributed by atoms with E-state index in [4.69, 9.17) is 5.53 Å². The lowest BCUT2D eigenvalue weighted by Crippen LogP contribution is -2.56. The van der Waals surface area contributed by atoms with E-state index in [9.17, 15) is 22.3 Å². The number of aryl methyl sites for hydroxylation is 2. The number of hydrogen-bond donors (Lipinski definition) is 1. The summed E-state index contributed by atoms with van der Waals surface area (Å²) in [5.74, 6) is -1.71. The molecule has 2 aliphatic heterocycles. The average molecular weight is 420 g/mol. The van der Waals surface area contributed by atoms with E-state index in [0.29, 0.717) is 35.3 Å². The zero-order valence-corrected chi connectivity index (χ0v) is 16.1. The van der Waals surface area contributed by atoms with Gasteiger partial charge in [-0.1, -0.05) is 5.11 Å². The Kier molecular flexibility index (Phi) is 4.94. The normalized spacial score (nSPS) is 25.3. The van der Waals surface area contributed by atoms with Crippen molar-refractivity contribution in [3.8, 4) is 0 Å². The van der Waals surface area contributed by atoms with E-state index in [1.165, 1.54) is 36.4 Å². The highest BCUT2D eigenvalue weighted by Gasteiger charge is 2.44. The third-order valence-electron chi connectivity index (χ3n) is 5.44. The highest BCUT2D eigenvalue weighted by atomic mass is 32.2. The lowest BCUT2D eigenvalue weighted by atomic mass is 10.0. The van der Waals surface area contributed by atoms with E-state index in [1.807, 2.05) is 0 Å². The van der Waals surface area contributed by atoms with Gasteiger partial charge in [-0.2, -0.15) is 0 Å². The Labute approximate surface area is 166 Å².